The molecule has 0 spiro atoms. The Hall–Kier alpha value is -4.74. The smallest absolute Gasteiger partial charge is 0.274 e. The number of halogens is 1. The van der Waals surface area contributed by atoms with E-state index < -0.39 is 78.2 Å². The lowest BCUT2D eigenvalue weighted by molar-refractivity contribution is -0.870. The molecule has 0 bridgehead atoms. The van der Waals surface area contributed by atoms with Crippen molar-refractivity contribution in [2.24, 2.45) is 17.6 Å². The number of carbonyl (C=O) groups is 6. The maximum atomic E-state index is 14.3. The van der Waals surface area contributed by atoms with Crippen LogP contribution in [0.15, 0.2) is 28.8 Å². The van der Waals surface area contributed by atoms with Gasteiger partial charge < -0.3 is 51.5 Å². The number of amides is 6. The van der Waals surface area contributed by atoms with Crippen LogP contribution in [0.3, 0.4) is 0 Å². The number of primary amides is 1. The number of aromatic nitrogens is 1. The van der Waals surface area contributed by atoms with Crippen molar-refractivity contribution in [2.45, 2.75) is 109 Å². The number of hydrogen-bond donors (Lipinski definition) is 8. The molecular formula is C39H60ClN8O9+. The van der Waals surface area contributed by atoms with Gasteiger partial charge in [0.2, 0.25) is 29.5 Å². The molecule has 0 saturated heterocycles. The zero-order valence-electron chi connectivity index (χ0n) is 33.7. The van der Waals surface area contributed by atoms with Crippen LogP contribution in [0.4, 0.5) is 0 Å². The van der Waals surface area contributed by atoms with E-state index in [1.165, 1.54) is 18.2 Å². The molecule has 1 fully saturated rings. The lowest BCUT2D eigenvalue weighted by Gasteiger charge is -2.31. The quantitative estimate of drug-likeness (QED) is 0.0623. The van der Waals surface area contributed by atoms with Crippen LogP contribution in [0.1, 0.15) is 87.0 Å². The lowest BCUT2D eigenvalue weighted by atomic mass is 9.93. The molecule has 1 aromatic carbocycles. The van der Waals surface area contributed by atoms with Gasteiger partial charge in [0.05, 0.1) is 39.3 Å². The first-order valence-corrected chi connectivity index (χ1v) is 19.8. The van der Waals surface area contributed by atoms with Gasteiger partial charge >= 0.3 is 0 Å². The molecule has 0 aliphatic heterocycles. The third-order valence-electron chi connectivity index (χ3n) is 10.2. The topological polar surface area (TPSA) is 255 Å². The average molecular weight is 820 g/mol. The Morgan fingerprint density at radius 3 is 2.12 bits per heavy atom. The number of hydrogen-bond acceptors (Lipinski definition) is 10. The number of aliphatic hydroxyl groups is 1. The predicted molar refractivity (Wildman–Crippen MR) is 211 cm³/mol. The Kier molecular flexibility index (Phi) is 17.8. The summed E-state index contributed by atoms with van der Waals surface area (Å²) in [6, 6.07) is -0.103. The van der Waals surface area contributed by atoms with E-state index in [1.54, 1.807) is 19.9 Å². The zero-order chi connectivity index (χ0) is 42.4. The van der Waals surface area contributed by atoms with Gasteiger partial charge in [-0.15, -0.1) is 0 Å². The summed E-state index contributed by atoms with van der Waals surface area (Å²) in [6.45, 7) is 5.31. The highest BCUT2D eigenvalue weighted by Crippen LogP contribution is 2.29. The van der Waals surface area contributed by atoms with E-state index in [0.29, 0.717) is 41.5 Å². The van der Waals surface area contributed by atoms with E-state index in [1.807, 2.05) is 28.1 Å². The Balaban J connectivity index is 1.87. The second-order valence-corrected chi connectivity index (χ2v) is 16.4. The summed E-state index contributed by atoms with van der Waals surface area (Å²) in [4.78, 5) is 80.8. The highest BCUT2D eigenvalue weighted by molar-refractivity contribution is 6.32. The maximum Gasteiger partial charge on any atom is 0.274 e. The third kappa shape index (κ3) is 14.6. The minimum absolute atomic E-state index is 0.0487. The number of nitrogens with zero attached hydrogens (tertiary/aromatic N) is 2. The number of phenols is 1. The third-order valence-corrected chi connectivity index (χ3v) is 10.5. The monoisotopic (exact) mass is 819 g/mol. The molecule has 3 rings (SSSR count). The van der Waals surface area contributed by atoms with Gasteiger partial charge in [0.25, 0.3) is 5.91 Å². The van der Waals surface area contributed by atoms with Crippen molar-refractivity contribution >= 4 is 47.0 Å². The van der Waals surface area contributed by atoms with Gasteiger partial charge in [-0.1, -0.05) is 55.9 Å². The summed E-state index contributed by atoms with van der Waals surface area (Å²) < 4.78 is 5.73. The molecule has 6 atom stereocenters. The number of phenolic OH excluding ortho intramolecular Hbond substituents is 1. The fraction of sp³-hybridized carbons (Fsp3) is 0.615. The Morgan fingerprint density at radius 1 is 0.912 bits per heavy atom. The summed E-state index contributed by atoms with van der Waals surface area (Å²) in [6.07, 6.45) is 4.80. The van der Waals surface area contributed by atoms with Crippen LogP contribution in [0, 0.1) is 18.8 Å². The van der Waals surface area contributed by atoms with Crippen molar-refractivity contribution in [1.82, 2.24) is 31.7 Å². The van der Waals surface area contributed by atoms with Crippen molar-refractivity contribution in [3.8, 4) is 5.75 Å². The summed E-state index contributed by atoms with van der Waals surface area (Å²) in [5.74, 6) is -4.73. The van der Waals surface area contributed by atoms with Crippen LogP contribution < -0.4 is 32.3 Å². The molecule has 18 heteroatoms. The number of carbonyl (C=O) groups excluding carboxylic acids is 6. The van der Waals surface area contributed by atoms with Crippen LogP contribution in [0.5, 0.6) is 5.75 Å². The molecular weight excluding hydrogens is 760 g/mol. The highest BCUT2D eigenvalue weighted by Gasteiger charge is 2.38. The van der Waals surface area contributed by atoms with Crippen molar-refractivity contribution in [3.05, 3.63) is 46.3 Å². The first-order chi connectivity index (χ1) is 26.8. The molecule has 17 nitrogen and oxygen atoms in total. The number of aromatic hydroxyl groups is 1. The van der Waals surface area contributed by atoms with Crippen LogP contribution >= 0.6 is 11.6 Å². The Bertz CT molecular complexity index is 1710. The highest BCUT2D eigenvalue weighted by atomic mass is 35.5. The van der Waals surface area contributed by atoms with E-state index in [0.717, 1.165) is 25.8 Å². The minimum Gasteiger partial charge on any atom is -0.506 e. The standard InChI is InChI=1S/C39H59ClN8O9/c1-7-22(2)32(38(55)42-27(14-10-11-17-48(4,5)6)35(52)44-30(21-49)34(41)51)45-39(56)33(25-12-8-9-13-25)46-36(53)28(20-24-15-16-31(50)26(40)19-24)43-37(54)29-18-23(3)57-47-29/h15-16,18-19,22,25,27-28,30,32-33,49H,7-14,17,20-21H2,1-6H3,(H7-,41,42,43,44,45,46,50,51,52,53,54,55,56)/p+1/t22-,27-,28-,30-,32?,33-/m0/s1. The van der Waals surface area contributed by atoms with Crippen LogP contribution in [0.2, 0.25) is 5.02 Å². The van der Waals surface area contributed by atoms with Crippen LogP contribution in [-0.4, -0.2) is 120 Å². The lowest BCUT2D eigenvalue weighted by Crippen LogP contribution is -2.61. The number of nitrogens with one attached hydrogen (secondary N) is 5. The molecule has 1 unspecified atom stereocenters. The molecule has 2 aromatic rings. The fourth-order valence-corrected chi connectivity index (χ4v) is 6.86. The van der Waals surface area contributed by atoms with Gasteiger partial charge in [0, 0.05) is 12.5 Å². The van der Waals surface area contributed by atoms with Gasteiger partial charge in [-0.05, 0) is 68.6 Å². The van der Waals surface area contributed by atoms with E-state index >= 15 is 0 Å². The molecule has 1 saturated carbocycles. The molecule has 6 amide bonds. The largest absolute Gasteiger partial charge is 0.506 e. The zero-order valence-corrected chi connectivity index (χ0v) is 34.5. The number of benzene rings is 1. The number of nitrogens with two attached hydrogens (primary N) is 1. The van der Waals surface area contributed by atoms with Crippen molar-refractivity contribution in [3.63, 3.8) is 0 Å². The van der Waals surface area contributed by atoms with Gasteiger partial charge in [0.1, 0.15) is 41.7 Å². The van der Waals surface area contributed by atoms with Gasteiger partial charge in [-0.3, -0.25) is 28.8 Å². The second kappa shape index (κ2) is 21.7. The van der Waals surface area contributed by atoms with Crippen molar-refractivity contribution in [1.29, 1.82) is 0 Å². The average Bonchev–Trinajstić information content (AvgIpc) is 3.85. The maximum absolute atomic E-state index is 14.3. The first kappa shape index (κ1) is 46.6. The number of quaternary nitrogens is 1. The van der Waals surface area contributed by atoms with Gasteiger partial charge in [0.15, 0.2) is 5.69 Å². The van der Waals surface area contributed by atoms with E-state index in [-0.39, 0.29) is 35.2 Å². The molecule has 1 aromatic heterocycles. The molecule has 1 aliphatic rings. The molecule has 1 aliphatic carbocycles. The molecule has 57 heavy (non-hydrogen) atoms. The van der Waals surface area contributed by atoms with E-state index in [4.69, 9.17) is 21.9 Å². The van der Waals surface area contributed by atoms with Crippen molar-refractivity contribution in [2.75, 3.05) is 34.3 Å². The van der Waals surface area contributed by atoms with Crippen LogP contribution in [0.25, 0.3) is 0 Å². The fourth-order valence-electron chi connectivity index (χ4n) is 6.66. The molecule has 1 heterocycles. The predicted octanol–water partition coefficient (Wildman–Crippen LogP) is 1.21. The summed E-state index contributed by atoms with van der Waals surface area (Å²) >= 11 is 6.15. The second-order valence-electron chi connectivity index (χ2n) is 16.0. The van der Waals surface area contributed by atoms with E-state index in [9.17, 15) is 39.0 Å². The Labute approximate surface area is 338 Å². The summed E-state index contributed by atoms with van der Waals surface area (Å²) in [7, 11) is 6.10. The normalized spacial score (nSPS) is 16.4. The molecule has 316 valence electrons. The number of rotatable bonds is 22. The Morgan fingerprint density at radius 2 is 1.56 bits per heavy atom. The van der Waals surface area contributed by atoms with E-state index in [2.05, 4.69) is 31.7 Å². The summed E-state index contributed by atoms with van der Waals surface area (Å²) in [5, 5.41) is 36.9. The van der Waals surface area contributed by atoms with Crippen molar-refractivity contribution < 1.29 is 48.0 Å². The summed E-state index contributed by atoms with van der Waals surface area (Å²) in [5.41, 5.74) is 5.80. The molecule has 9 N–H and O–H groups in total. The number of aliphatic hydroxyl groups excluding tert-OH is 1. The number of aryl methyl sites for hydroxylation is 1. The number of unbranched alkanes of at least 4 members (excludes halogenated alkanes) is 1. The minimum atomic E-state index is -1.36. The first-order valence-electron chi connectivity index (χ1n) is 19.5. The SMILES string of the molecule is CC[C@H](C)C(NC(=O)[C@@H](NC(=O)[C@H](Cc1ccc(O)c(Cl)c1)NC(=O)c1cc(C)on1)C1CCCC1)C(=O)N[C@@H](CCCC[N+](C)(C)C)C(=O)N[C@@H](CO)C(N)=O. The van der Waals surface area contributed by atoms with Crippen LogP contribution in [-0.2, 0) is 30.4 Å². The van der Waals surface area contributed by atoms with Gasteiger partial charge in [-0.2, -0.15) is 0 Å². The van der Waals surface area contributed by atoms with Gasteiger partial charge in [-0.25, -0.2) is 0 Å². The molecule has 0 radical (unpaired) electrons.